The molecule has 0 atom stereocenters. The zero-order chi connectivity index (χ0) is 9.10. The van der Waals surface area contributed by atoms with Gasteiger partial charge in [0.15, 0.2) is 5.17 Å². The predicted molar refractivity (Wildman–Crippen MR) is 63.6 cm³/mol. The van der Waals surface area contributed by atoms with Crippen LogP contribution in [-0.2, 0) is 6.54 Å². The molecular formula is C8H9BrN2S2. The van der Waals surface area contributed by atoms with Crippen molar-refractivity contribution in [2.24, 2.45) is 4.99 Å². The van der Waals surface area contributed by atoms with E-state index < -0.39 is 0 Å². The van der Waals surface area contributed by atoms with Gasteiger partial charge in [-0.3, -0.25) is 4.99 Å². The molecule has 0 unspecified atom stereocenters. The lowest BCUT2D eigenvalue weighted by Gasteiger charge is -2.01. The Balaban J connectivity index is 1.85. The van der Waals surface area contributed by atoms with Crippen molar-refractivity contribution in [2.75, 3.05) is 12.3 Å². The van der Waals surface area contributed by atoms with Crippen LogP contribution in [0.25, 0.3) is 0 Å². The molecule has 2 nitrogen and oxygen atoms in total. The Labute approximate surface area is 94.0 Å². The van der Waals surface area contributed by atoms with Gasteiger partial charge in [-0.1, -0.05) is 11.8 Å². The Morgan fingerprint density at radius 1 is 1.54 bits per heavy atom. The monoisotopic (exact) mass is 276 g/mol. The number of nitrogens with one attached hydrogen (secondary N) is 1. The molecule has 2 heterocycles. The molecule has 1 aliphatic heterocycles. The Bertz CT molecular complexity index is 322. The summed E-state index contributed by atoms with van der Waals surface area (Å²) in [6.07, 6.45) is 0. The van der Waals surface area contributed by atoms with Crippen LogP contribution in [0.2, 0.25) is 0 Å². The molecule has 1 N–H and O–H groups in total. The summed E-state index contributed by atoms with van der Waals surface area (Å²) in [4.78, 5) is 5.65. The van der Waals surface area contributed by atoms with Gasteiger partial charge < -0.3 is 5.32 Å². The molecule has 0 amide bonds. The normalized spacial score (nSPS) is 15.9. The van der Waals surface area contributed by atoms with E-state index in [1.54, 1.807) is 23.1 Å². The summed E-state index contributed by atoms with van der Waals surface area (Å²) in [5.74, 6) is 1.12. The van der Waals surface area contributed by atoms with E-state index in [9.17, 15) is 0 Å². The molecule has 70 valence electrons. The van der Waals surface area contributed by atoms with Gasteiger partial charge in [0.2, 0.25) is 0 Å². The van der Waals surface area contributed by atoms with E-state index >= 15 is 0 Å². The first-order valence-electron chi connectivity index (χ1n) is 4.00. The molecule has 0 aliphatic carbocycles. The Kier molecular flexibility index (Phi) is 3.29. The average Bonchev–Trinajstić information content (AvgIpc) is 2.71. The van der Waals surface area contributed by atoms with E-state index in [2.05, 4.69) is 38.4 Å². The second kappa shape index (κ2) is 4.48. The fourth-order valence-electron chi connectivity index (χ4n) is 1.05. The van der Waals surface area contributed by atoms with Gasteiger partial charge in [-0.25, -0.2) is 0 Å². The fraction of sp³-hybridized carbons (Fsp3) is 0.375. The van der Waals surface area contributed by atoms with E-state index in [4.69, 9.17) is 0 Å². The molecule has 0 fully saturated rings. The van der Waals surface area contributed by atoms with Crippen LogP contribution in [0.1, 0.15) is 4.88 Å². The molecular weight excluding hydrogens is 268 g/mol. The standard InChI is InChI=1S/C8H9BrN2S2/c9-7-2-1-6(13-7)5-11-8-10-3-4-12-8/h1-2H,3-5H2,(H,10,11). The third-order valence-electron chi connectivity index (χ3n) is 1.63. The van der Waals surface area contributed by atoms with Crippen LogP contribution in [0, 0.1) is 0 Å². The number of hydrogen-bond acceptors (Lipinski definition) is 4. The highest BCUT2D eigenvalue weighted by molar-refractivity contribution is 9.11. The van der Waals surface area contributed by atoms with Crippen molar-refractivity contribution < 1.29 is 0 Å². The first-order valence-corrected chi connectivity index (χ1v) is 6.59. The maximum Gasteiger partial charge on any atom is 0.156 e. The van der Waals surface area contributed by atoms with Crippen molar-refractivity contribution in [3.63, 3.8) is 0 Å². The second-order valence-corrected chi connectivity index (χ2v) is 6.23. The number of hydrogen-bond donors (Lipinski definition) is 1. The molecule has 0 saturated heterocycles. The molecule has 5 heteroatoms. The van der Waals surface area contributed by atoms with Crippen LogP contribution in [-0.4, -0.2) is 17.5 Å². The van der Waals surface area contributed by atoms with Crippen molar-refractivity contribution >= 4 is 44.2 Å². The van der Waals surface area contributed by atoms with Gasteiger partial charge in [-0.15, -0.1) is 11.3 Å². The van der Waals surface area contributed by atoms with Crippen molar-refractivity contribution in [1.82, 2.24) is 5.32 Å². The van der Waals surface area contributed by atoms with Crippen LogP contribution < -0.4 is 5.32 Å². The number of amidine groups is 1. The molecule has 1 aromatic rings. The van der Waals surface area contributed by atoms with Gasteiger partial charge in [0.05, 0.1) is 16.9 Å². The fourth-order valence-corrected chi connectivity index (χ4v) is 3.21. The zero-order valence-electron chi connectivity index (χ0n) is 6.92. The van der Waals surface area contributed by atoms with Crippen LogP contribution >= 0.6 is 39.0 Å². The zero-order valence-corrected chi connectivity index (χ0v) is 10.1. The highest BCUT2D eigenvalue weighted by Crippen LogP contribution is 2.22. The van der Waals surface area contributed by atoms with E-state index in [1.165, 1.54) is 8.66 Å². The van der Waals surface area contributed by atoms with Crippen molar-refractivity contribution in [2.45, 2.75) is 6.54 Å². The van der Waals surface area contributed by atoms with Gasteiger partial charge in [0, 0.05) is 10.6 Å². The summed E-state index contributed by atoms with van der Waals surface area (Å²) in [6, 6.07) is 4.20. The topological polar surface area (TPSA) is 24.4 Å². The summed E-state index contributed by atoms with van der Waals surface area (Å²) >= 11 is 7.00. The average molecular weight is 277 g/mol. The molecule has 0 saturated carbocycles. The summed E-state index contributed by atoms with van der Waals surface area (Å²) < 4.78 is 1.19. The third-order valence-corrected chi connectivity index (χ3v) is 4.19. The van der Waals surface area contributed by atoms with E-state index in [1.807, 2.05) is 0 Å². The Hall–Kier alpha value is -0.0000000000000000833. The van der Waals surface area contributed by atoms with E-state index in [0.717, 1.165) is 24.0 Å². The molecule has 0 aromatic carbocycles. The molecule has 1 aliphatic rings. The molecule has 13 heavy (non-hydrogen) atoms. The summed E-state index contributed by atoms with van der Waals surface area (Å²) in [5.41, 5.74) is 0. The SMILES string of the molecule is Brc1ccc(CNC2=NCCS2)s1. The lowest BCUT2D eigenvalue weighted by atomic mass is 10.5. The Morgan fingerprint density at radius 2 is 2.46 bits per heavy atom. The van der Waals surface area contributed by atoms with E-state index in [-0.39, 0.29) is 0 Å². The largest absolute Gasteiger partial charge is 0.360 e. The quantitative estimate of drug-likeness (QED) is 0.898. The van der Waals surface area contributed by atoms with Crippen LogP contribution in [0.4, 0.5) is 0 Å². The minimum absolute atomic E-state index is 0.891. The summed E-state index contributed by atoms with van der Waals surface area (Å²) in [7, 11) is 0. The minimum atomic E-state index is 0.891. The van der Waals surface area contributed by atoms with Crippen molar-refractivity contribution in [3.05, 3.63) is 20.8 Å². The number of halogens is 1. The number of rotatable bonds is 2. The summed E-state index contributed by atoms with van der Waals surface area (Å²) in [5, 5.41) is 4.40. The molecule has 0 spiro atoms. The highest BCUT2D eigenvalue weighted by Gasteiger charge is 2.06. The first-order chi connectivity index (χ1) is 6.34. The number of aliphatic imine (C=N–C) groups is 1. The van der Waals surface area contributed by atoms with Gasteiger partial charge >= 0.3 is 0 Å². The molecule has 2 rings (SSSR count). The van der Waals surface area contributed by atoms with Gasteiger partial charge in [0.25, 0.3) is 0 Å². The molecule has 1 aromatic heterocycles. The van der Waals surface area contributed by atoms with Gasteiger partial charge in [-0.05, 0) is 28.1 Å². The maximum atomic E-state index is 4.32. The van der Waals surface area contributed by atoms with Crippen molar-refractivity contribution in [3.8, 4) is 0 Å². The van der Waals surface area contributed by atoms with Crippen molar-refractivity contribution in [1.29, 1.82) is 0 Å². The van der Waals surface area contributed by atoms with Crippen LogP contribution in [0.15, 0.2) is 20.9 Å². The smallest absolute Gasteiger partial charge is 0.156 e. The lowest BCUT2D eigenvalue weighted by molar-refractivity contribution is 0.942. The Morgan fingerprint density at radius 3 is 3.08 bits per heavy atom. The van der Waals surface area contributed by atoms with Crippen LogP contribution in [0.3, 0.4) is 0 Å². The van der Waals surface area contributed by atoms with Gasteiger partial charge in [0.1, 0.15) is 0 Å². The molecule has 0 bridgehead atoms. The highest BCUT2D eigenvalue weighted by atomic mass is 79.9. The minimum Gasteiger partial charge on any atom is -0.360 e. The third kappa shape index (κ3) is 2.72. The first kappa shape index (κ1) is 9.55. The summed E-state index contributed by atoms with van der Waals surface area (Å²) in [6.45, 7) is 1.85. The van der Waals surface area contributed by atoms with Gasteiger partial charge in [-0.2, -0.15) is 0 Å². The predicted octanol–water partition coefficient (Wildman–Crippen LogP) is 2.70. The number of thioether (sulfide) groups is 1. The molecule has 0 radical (unpaired) electrons. The van der Waals surface area contributed by atoms with Crippen LogP contribution in [0.5, 0.6) is 0 Å². The second-order valence-electron chi connectivity index (χ2n) is 2.59. The van der Waals surface area contributed by atoms with E-state index in [0.29, 0.717) is 0 Å². The maximum absolute atomic E-state index is 4.32. The number of thiophene rings is 1. The lowest BCUT2D eigenvalue weighted by Crippen LogP contribution is -2.17. The number of nitrogens with zero attached hydrogens (tertiary/aromatic N) is 1.